The zero-order valence-corrected chi connectivity index (χ0v) is 10.2. The second kappa shape index (κ2) is 23.5. The summed E-state index contributed by atoms with van der Waals surface area (Å²) in [5.74, 6) is 0. The molecule has 0 fully saturated rings. The first-order valence-electron chi connectivity index (χ1n) is 4.09. The number of hydrogen-bond acceptors (Lipinski definition) is 1. The van der Waals surface area contributed by atoms with Crippen LogP contribution in [0.3, 0.4) is 0 Å². The molecule has 0 aromatic rings. The summed E-state index contributed by atoms with van der Waals surface area (Å²) in [5, 5.41) is 0. The molecule has 0 heterocycles. The lowest BCUT2D eigenvalue weighted by molar-refractivity contribution is -0.921. The first kappa shape index (κ1) is 46.5. The molecule has 7 heteroatoms. The summed E-state index contributed by atoms with van der Waals surface area (Å²) in [6.45, 7) is 14.2. The highest BCUT2D eigenvalue weighted by Crippen LogP contribution is 2.03. The van der Waals surface area contributed by atoms with Gasteiger partial charge in [-0.05, 0) is 27.7 Å². The van der Waals surface area contributed by atoms with E-state index in [0.29, 0.717) is 0 Å². The zero-order valence-electron chi connectivity index (χ0n) is 10.2. The SMILES string of the molecule is CC[N+](CC)(CC)CC.O.O.O.O.O.[OH-]. The van der Waals surface area contributed by atoms with Gasteiger partial charge in [-0.3, -0.25) is 0 Å². The van der Waals surface area contributed by atoms with E-state index in [4.69, 9.17) is 0 Å². The van der Waals surface area contributed by atoms with Crippen LogP contribution in [0.4, 0.5) is 0 Å². The van der Waals surface area contributed by atoms with E-state index in [1.54, 1.807) is 0 Å². The summed E-state index contributed by atoms with van der Waals surface area (Å²) in [6.07, 6.45) is 0. The molecule has 7 nitrogen and oxygen atoms in total. The van der Waals surface area contributed by atoms with Gasteiger partial charge >= 0.3 is 0 Å². The highest BCUT2D eigenvalue weighted by Gasteiger charge is 2.16. The maximum absolute atomic E-state index is 2.27. The number of quaternary nitrogens is 1. The Hall–Kier alpha value is -0.280. The zero-order chi connectivity index (χ0) is 7.33. The predicted molar refractivity (Wildman–Crippen MR) is 62.4 cm³/mol. The van der Waals surface area contributed by atoms with E-state index in [-0.39, 0.29) is 32.9 Å². The van der Waals surface area contributed by atoms with Crippen LogP contribution in [0, 0.1) is 0 Å². The van der Waals surface area contributed by atoms with Crippen molar-refractivity contribution >= 4 is 0 Å². The summed E-state index contributed by atoms with van der Waals surface area (Å²) in [7, 11) is 0. The fraction of sp³-hybridized carbons (Fsp3) is 1.00. The number of nitrogens with zero attached hydrogens (tertiary/aromatic N) is 1. The van der Waals surface area contributed by atoms with Crippen LogP contribution in [0.5, 0.6) is 0 Å². The van der Waals surface area contributed by atoms with Crippen molar-refractivity contribution in [1.29, 1.82) is 0 Å². The quantitative estimate of drug-likeness (QED) is 0.484. The molecule has 0 aromatic carbocycles. The number of hydrogen-bond donors (Lipinski definition) is 0. The molecule has 0 saturated heterocycles. The molecule has 15 heavy (non-hydrogen) atoms. The van der Waals surface area contributed by atoms with E-state index >= 15 is 0 Å². The van der Waals surface area contributed by atoms with E-state index < -0.39 is 0 Å². The van der Waals surface area contributed by atoms with E-state index in [1.807, 2.05) is 0 Å². The van der Waals surface area contributed by atoms with Crippen molar-refractivity contribution in [2.75, 3.05) is 26.2 Å². The Kier molecular flexibility index (Phi) is 72.8. The Morgan fingerprint density at radius 1 is 0.533 bits per heavy atom. The standard InChI is InChI=1S/C8H20N.6H2O/c1-5-9(6-2,7-3)8-4;;;;;;/h5-8H2,1-4H3;6*1H2/q+1;;;;;;/p-1. The molecule has 11 N–H and O–H groups in total. The van der Waals surface area contributed by atoms with E-state index in [2.05, 4.69) is 27.7 Å². The lowest BCUT2D eigenvalue weighted by Gasteiger charge is -2.34. The minimum absolute atomic E-state index is 0. The van der Waals surface area contributed by atoms with Crippen molar-refractivity contribution in [3.05, 3.63) is 0 Å². The molecule has 0 bridgehead atoms. The maximum Gasteiger partial charge on any atom is 0.0757 e. The van der Waals surface area contributed by atoms with E-state index in [1.165, 1.54) is 30.7 Å². The summed E-state index contributed by atoms with van der Waals surface area (Å²) in [5.41, 5.74) is 0. The Morgan fingerprint density at radius 3 is 0.667 bits per heavy atom. The van der Waals surface area contributed by atoms with Crippen LogP contribution in [-0.4, -0.2) is 63.5 Å². The van der Waals surface area contributed by atoms with Gasteiger partial charge in [0.1, 0.15) is 0 Å². The fourth-order valence-corrected chi connectivity index (χ4v) is 1.34. The Morgan fingerprint density at radius 2 is 0.667 bits per heavy atom. The molecule has 0 saturated carbocycles. The van der Waals surface area contributed by atoms with Gasteiger partial charge in [0, 0.05) is 0 Å². The van der Waals surface area contributed by atoms with Crippen molar-refractivity contribution in [2.24, 2.45) is 0 Å². The molecule has 0 aliphatic rings. The lowest BCUT2D eigenvalue weighted by atomic mass is 10.3. The predicted octanol–water partition coefficient (Wildman–Crippen LogP) is -2.42. The van der Waals surface area contributed by atoms with Gasteiger partial charge in [0.25, 0.3) is 0 Å². The molecular formula is C8H31NO6. The van der Waals surface area contributed by atoms with Gasteiger partial charge in [0.05, 0.1) is 26.2 Å². The molecule has 0 radical (unpaired) electrons. The third kappa shape index (κ3) is 13.7. The van der Waals surface area contributed by atoms with Gasteiger partial charge in [0.15, 0.2) is 0 Å². The van der Waals surface area contributed by atoms with Crippen LogP contribution in [0.1, 0.15) is 27.7 Å². The van der Waals surface area contributed by atoms with Crippen LogP contribution < -0.4 is 0 Å². The minimum Gasteiger partial charge on any atom is -0.870 e. The molecule has 0 amide bonds. The molecule has 0 atom stereocenters. The number of rotatable bonds is 4. The monoisotopic (exact) mass is 237 g/mol. The molecular weight excluding hydrogens is 206 g/mol. The van der Waals surface area contributed by atoms with Crippen molar-refractivity contribution in [3.8, 4) is 0 Å². The average molecular weight is 237 g/mol. The third-order valence-corrected chi connectivity index (χ3v) is 2.68. The van der Waals surface area contributed by atoms with E-state index in [9.17, 15) is 0 Å². The molecule has 0 aliphatic carbocycles. The summed E-state index contributed by atoms with van der Waals surface area (Å²) < 4.78 is 1.28. The van der Waals surface area contributed by atoms with Gasteiger partial charge < -0.3 is 37.3 Å². The van der Waals surface area contributed by atoms with Crippen LogP contribution >= 0.6 is 0 Å². The van der Waals surface area contributed by atoms with Crippen molar-refractivity contribution in [1.82, 2.24) is 0 Å². The third-order valence-electron chi connectivity index (χ3n) is 2.68. The van der Waals surface area contributed by atoms with Crippen molar-refractivity contribution in [3.63, 3.8) is 0 Å². The lowest BCUT2D eigenvalue weighted by Crippen LogP contribution is -2.47. The van der Waals surface area contributed by atoms with Crippen molar-refractivity contribution in [2.45, 2.75) is 27.7 Å². The molecule has 0 aliphatic heterocycles. The molecule has 0 rings (SSSR count). The highest BCUT2D eigenvalue weighted by atomic mass is 16.0. The smallest absolute Gasteiger partial charge is 0.0757 e. The van der Waals surface area contributed by atoms with Crippen LogP contribution in [0.2, 0.25) is 0 Å². The summed E-state index contributed by atoms with van der Waals surface area (Å²) in [6, 6.07) is 0. The average Bonchev–Trinajstić information content (AvgIpc) is 1.95. The molecule has 0 aromatic heterocycles. The fourth-order valence-electron chi connectivity index (χ4n) is 1.34. The van der Waals surface area contributed by atoms with Gasteiger partial charge in [-0.15, -0.1) is 0 Å². The second-order valence-electron chi connectivity index (χ2n) is 2.61. The van der Waals surface area contributed by atoms with Crippen molar-refractivity contribution < 1.29 is 37.3 Å². The largest absolute Gasteiger partial charge is 0.870 e. The second-order valence-corrected chi connectivity index (χ2v) is 2.61. The van der Waals surface area contributed by atoms with Crippen LogP contribution in [0.15, 0.2) is 0 Å². The van der Waals surface area contributed by atoms with Gasteiger partial charge in [-0.2, -0.15) is 0 Å². The maximum atomic E-state index is 2.27. The van der Waals surface area contributed by atoms with Gasteiger partial charge in [0.2, 0.25) is 0 Å². The van der Waals surface area contributed by atoms with Crippen LogP contribution in [0.25, 0.3) is 0 Å². The minimum atomic E-state index is 0. The molecule has 0 spiro atoms. The van der Waals surface area contributed by atoms with E-state index in [0.717, 1.165) is 0 Å². The van der Waals surface area contributed by atoms with Crippen LogP contribution in [-0.2, 0) is 0 Å². The summed E-state index contributed by atoms with van der Waals surface area (Å²) >= 11 is 0. The molecule has 104 valence electrons. The normalized spacial score (nSPS) is 7.20. The molecule has 0 unspecified atom stereocenters. The Bertz CT molecular complexity index is 62.0. The Balaban J connectivity index is -0.0000000213. The first-order valence-corrected chi connectivity index (χ1v) is 4.09. The summed E-state index contributed by atoms with van der Waals surface area (Å²) in [4.78, 5) is 0. The topological polar surface area (TPSA) is 188 Å². The Labute approximate surface area is 92.1 Å². The van der Waals surface area contributed by atoms with Gasteiger partial charge in [-0.1, -0.05) is 0 Å². The van der Waals surface area contributed by atoms with Gasteiger partial charge in [-0.25, -0.2) is 0 Å². The highest BCUT2D eigenvalue weighted by molar-refractivity contribution is 4.31. The first-order chi connectivity index (χ1) is 4.24.